The van der Waals surface area contributed by atoms with E-state index >= 15 is 0 Å². The van der Waals surface area contributed by atoms with Crippen molar-refractivity contribution in [3.05, 3.63) is 53.6 Å². The summed E-state index contributed by atoms with van der Waals surface area (Å²) in [5, 5.41) is 3.32. The molecule has 1 aliphatic carbocycles. The summed E-state index contributed by atoms with van der Waals surface area (Å²) in [5.74, 6) is 0.0884. The third-order valence-corrected chi connectivity index (χ3v) is 4.71. The van der Waals surface area contributed by atoms with Gasteiger partial charge >= 0.3 is 6.61 Å². The van der Waals surface area contributed by atoms with Crippen molar-refractivity contribution in [3.8, 4) is 11.5 Å². The van der Waals surface area contributed by atoms with E-state index in [2.05, 4.69) is 5.32 Å². The van der Waals surface area contributed by atoms with Crippen LogP contribution in [-0.2, 0) is 0 Å². The zero-order valence-electron chi connectivity index (χ0n) is 14.8. The van der Waals surface area contributed by atoms with Gasteiger partial charge in [0.15, 0.2) is 11.5 Å². The Labute approximate surface area is 155 Å². The van der Waals surface area contributed by atoms with Crippen LogP contribution >= 0.6 is 0 Å². The largest absolute Gasteiger partial charge is 0.490 e. The summed E-state index contributed by atoms with van der Waals surface area (Å²) in [7, 11) is 0. The van der Waals surface area contributed by atoms with E-state index in [0.29, 0.717) is 23.4 Å². The number of nitrogens with zero attached hydrogens (tertiary/aromatic N) is 1. The van der Waals surface area contributed by atoms with E-state index in [-0.39, 0.29) is 23.4 Å². The highest BCUT2D eigenvalue weighted by molar-refractivity contribution is 6.02. The summed E-state index contributed by atoms with van der Waals surface area (Å²) in [4.78, 5) is 14.8. The Hall–Kier alpha value is -2.83. The predicted octanol–water partition coefficient (Wildman–Crippen LogP) is 4.42. The molecule has 7 heteroatoms. The fourth-order valence-electron chi connectivity index (χ4n) is 3.46. The maximum absolute atomic E-state index is 13.1. The maximum Gasteiger partial charge on any atom is 0.387 e. The number of carbonyl (C=O) groups is 1. The van der Waals surface area contributed by atoms with E-state index in [4.69, 9.17) is 9.47 Å². The topological polar surface area (TPSA) is 50.8 Å². The number of anilines is 1. The van der Waals surface area contributed by atoms with Gasteiger partial charge in [0.05, 0.1) is 12.2 Å². The minimum Gasteiger partial charge on any atom is -0.490 e. The number of rotatable bonds is 6. The number of fused-ring (bicyclic) bond motifs is 1. The second-order valence-electron chi connectivity index (χ2n) is 6.52. The minimum atomic E-state index is -2.99. The van der Waals surface area contributed by atoms with Gasteiger partial charge in [0.1, 0.15) is 6.17 Å². The molecule has 1 atom stereocenters. The highest BCUT2D eigenvalue weighted by Crippen LogP contribution is 2.45. The van der Waals surface area contributed by atoms with Gasteiger partial charge in [-0.3, -0.25) is 4.79 Å². The van der Waals surface area contributed by atoms with Crippen LogP contribution in [0.3, 0.4) is 0 Å². The summed E-state index contributed by atoms with van der Waals surface area (Å²) in [6.45, 7) is -0.908. The van der Waals surface area contributed by atoms with Crippen molar-refractivity contribution < 1.29 is 23.0 Å². The van der Waals surface area contributed by atoms with Crippen molar-refractivity contribution in [2.24, 2.45) is 0 Å². The molecular weight excluding hydrogens is 354 g/mol. The Morgan fingerprint density at radius 2 is 1.96 bits per heavy atom. The average Bonchev–Trinajstić information content (AvgIpc) is 3.48. The molecule has 0 bridgehead atoms. The third-order valence-electron chi connectivity index (χ3n) is 4.71. The first-order chi connectivity index (χ1) is 13.1. The third kappa shape index (κ3) is 3.29. The number of para-hydroxylation sites is 2. The van der Waals surface area contributed by atoms with Gasteiger partial charge in [0.25, 0.3) is 5.91 Å². The predicted molar refractivity (Wildman–Crippen MR) is 96.2 cm³/mol. The average molecular weight is 374 g/mol. The van der Waals surface area contributed by atoms with Gasteiger partial charge in [0, 0.05) is 17.3 Å². The first kappa shape index (κ1) is 17.6. The Balaban J connectivity index is 1.81. The molecule has 0 aromatic heterocycles. The highest BCUT2D eigenvalue weighted by Gasteiger charge is 2.43. The molecule has 1 saturated carbocycles. The fourth-order valence-corrected chi connectivity index (χ4v) is 3.46. The monoisotopic (exact) mass is 374 g/mol. The smallest absolute Gasteiger partial charge is 0.387 e. The number of ether oxygens (including phenoxy) is 2. The molecule has 1 heterocycles. The Morgan fingerprint density at radius 3 is 2.67 bits per heavy atom. The molecule has 5 nitrogen and oxygen atoms in total. The Morgan fingerprint density at radius 1 is 1.19 bits per heavy atom. The van der Waals surface area contributed by atoms with E-state index in [0.717, 1.165) is 12.8 Å². The van der Waals surface area contributed by atoms with Gasteiger partial charge in [-0.25, -0.2) is 0 Å². The number of amides is 1. The first-order valence-corrected chi connectivity index (χ1v) is 8.99. The SMILES string of the molecule is CCOc1cccc([C@@H]2Nc3ccccc3C(=O)N2C2CC2)c1OC(F)F. The number of hydrogen-bond acceptors (Lipinski definition) is 4. The van der Waals surface area contributed by atoms with Crippen molar-refractivity contribution in [2.75, 3.05) is 11.9 Å². The first-order valence-electron chi connectivity index (χ1n) is 8.99. The molecule has 1 amide bonds. The van der Waals surface area contributed by atoms with E-state index in [9.17, 15) is 13.6 Å². The van der Waals surface area contributed by atoms with Gasteiger partial charge in [-0.15, -0.1) is 0 Å². The standard InChI is InChI=1S/C20H20F2N2O3/c1-2-26-16-9-5-7-14(17(16)27-20(21)22)18-23-15-8-4-3-6-13(15)19(25)24(18)12-10-11-12/h3-9,12,18,20,23H,2,10-11H2,1H3/t18-/m1/s1. The van der Waals surface area contributed by atoms with Crippen LogP contribution in [0.1, 0.15) is 41.9 Å². The molecule has 27 heavy (non-hydrogen) atoms. The normalized spacial score (nSPS) is 18.9. The lowest BCUT2D eigenvalue weighted by atomic mass is 10.0. The zero-order chi connectivity index (χ0) is 19.0. The van der Waals surface area contributed by atoms with Crippen molar-refractivity contribution in [2.45, 2.75) is 38.6 Å². The Kier molecular flexibility index (Phi) is 4.59. The molecule has 1 fully saturated rings. The van der Waals surface area contributed by atoms with Gasteiger partial charge in [0.2, 0.25) is 0 Å². The molecule has 142 valence electrons. The van der Waals surface area contributed by atoms with Crippen molar-refractivity contribution in [1.29, 1.82) is 0 Å². The van der Waals surface area contributed by atoms with Crippen LogP contribution in [0.15, 0.2) is 42.5 Å². The summed E-state index contributed by atoms with van der Waals surface area (Å²) in [5.41, 5.74) is 1.71. The van der Waals surface area contributed by atoms with Crippen molar-refractivity contribution in [3.63, 3.8) is 0 Å². The van der Waals surface area contributed by atoms with Crippen LogP contribution in [0.25, 0.3) is 0 Å². The van der Waals surface area contributed by atoms with Crippen LogP contribution in [-0.4, -0.2) is 30.1 Å². The quantitative estimate of drug-likeness (QED) is 0.813. The van der Waals surface area contributed by atoms with E-state index in [1.54, 1.807) is 36.1 Å². The molecule has 0 saturated heterocycles. The summed E-state index contributed by atoms with van der Waals surface area (Å²) < 4.78 is 36.5. The van der Waals surface area contributed by atoms with Gasteiger partial charge < -0.3 is 19.7 Å². The van der Waals surface area contributed by atoms with Crippen LogP contribution in [0.5, 0.6) is 11.5 Å². The van der Waals surface area contributed by atoms with Crippen LogP contribution < -0.4 is 14.8 Å². The molecule has 2 aromatic carbocycles. The molecular formula is C20H20F2N2O3. The molecule has 2 aliphatic rings. The molecule has 0 unspecified atom stereocenters. The second-order valence-corrected chi connectivity index (χ2v) is 6.52. The number of benzene rings is 2. The van der Waals surface area contributed by atoms with Crippen molar-refractivity contribution >= 4 is 11.6 Å². The highest BCUT2D eigenvalue weighted by atomic mass is 19.3. The minimum absolute atomic E-state index is 0.0373. The molecule has 1 N–H and O–H groups in total. The summed E-state index contributed by atoms with van der Waals surface area (Å²) >= 11 is 0. The van der Waals surface area contributed by atoms with Gasteiger partial charge in [-0.05, 0) is 38.0 Å². The lowest BCUT2D eigenvalue weighted by molar-refractivity contribution is -0.0526. The van der Waals surface area contributed by atoms with E-state index in [1.165, 1.54) is 0 Å². The summed E-state index contributed by atoms with van der Waals surface area (Å²) in [6, 6.07) is 12.3. The number of nitrogens with one attached hydrogen (secondary N) is 1. The number of alkyl halides is 2. The molecule has 1 aliphatic heterocycles. The maximum atomic E-state index is 13.1. The van der Waals surface area contributed by atoms with Crippen LogP contribution in [0, 0.1) is 0 Å². The van der Waals surface area contributed by atoms with Crippen LogP contribution in [0.4, 0.5) is 14.5 Å². The van der Waals surface area contributed by atoms with Gasteiger partial charge in [-0.1, -0.05) is 24.3 Å². The zero-order valence-corrected chi connectivity index (χ0v) is 14.8. The fraction of sp³-hybridized carbons (Fsp3) is 0.350. The molecule has 4 rings (SSSR count). The van der Waals surface area contributed by atoms with Gasteiger partial charge in [-0.2, -0.15) is 8.78 Å². The van der Waals surface area contributed by atoms with E-state index in [1.807, 2.05) is 18.2 Å². The second kappa shape index (κ2) is 7.06. The molecule has 2 aromatic rings. The lowest BCUT2D eigenvalue weighted by Gasteiger charge is -2.39. The molecule has 0 spiro atoms. The number of carbonyl (C=O) groups excluding carboxylic acids is 1. The summed E-state index contributed by atoms with van der Waals surface area (Å²) in [6.07, 6.45) is 1.18. The number of halogens is 2. The van der Waals surface area contributed by atoms with Crippen molar-refractivity contribution in [1.82, 2.24) is 4.90 Å². The Bertz CT molecular complexity index is 855. The molecule has 0 radical (unpaired) electrons. The van der Waals surface area contributed by atoms with Crippen LogP contribution in [0.2, 0.25) is 0 Å². The lowest BCUT2D eigenvalue weighted by Crippen LogP contribution is -2.44. The number of hydrogen-bond donors (Lipinski definition) is 1. The van der Waals surface area contributed by atoms with E-state index < -0.39 is 12.8 Å².